The van der Waals surface area contributed by atoms with Gasteiger partial charge in [-0.3, -0.25) is 9.59 Å². The van der Waals surface area contributed by atoms with Gasteiger partial charge < -0.3 is 19.9 Å². The number of hydrogen-bond acceptors (Lipinski definition) is 4. The number of rotatable bonds is 5. The maximum Gasteiger partial charge on any atom is 0.406 e. The Hall–Kier alpha value is -2.97. The standard InChI is InChI=1S/C20H22F3N3O3/c21-20(22,23)13-26-11-8-16(17(27)19(26)29)18(28)24-12-14-6-9-25(10-7-14)15-4-2-1-3-5-15/h1-5,8,11,14,27H,6-7,9-10,12-13H2,(H,24,28). The molecule has 2 aromatic rings. The summed E-state index contributed by atoms with van der Waals surface area (Å²) in [5.41, 5.74) is -0.416. The number of pyridine rings is 1. The molecule has 1 aromatic carbocycles. The number of anilines is 1. The Morgan fingerprint density at radius 1 is 1.14 bits per heavy atom. The van der Waals surface area contributed by atoms with Crippen LogP contribution in [0.15, 0.2) is 47.4 Å². The van der Waals surface area contributed by atoms with E-state index in [0.29, 0.717) is 11.1 Å². The monoisotopic (exact) mass is 409 g/mol. The summed E-state index contributed by atoms with van der Waals surface area (Å²) in [5.74, 6) is -1.41. The van der Waals surface area contributed by atoms with Crippen LogP contribution in [0.5, 0.6) is 5.75 Å². The van der Waals surface area contributed by atoms with Crippen LogP contribution in [0.25, 0.3) is 0 Å². The van der Waals surface area contributed by atoms with Crippen LogP contribution in [0.1, 0.15) is 23.2 Å². The number of halogens is 3. The Morgan fingerprint density at radius 2 is 1.79 bits per heavy atom. The zero-order valence-corrected chi connectivity index (χ0v) is 15.7. The van der Waals surface area contributed by atoms with Crippen molar-refractivity contribution in [1.82, 2.24) is 9.88 Å². The van der Waals surface area contributed by atoms with Crippen molar-refractivity contribution < 1.29 is 23.1 Å². The lowest BCUT2D eigenvalue weighted by molar-refractivity contribution is -0.141. The minimum Gasteiger partial charge on any atom is -0.502 e. The van der Waals surface area contributed by atoms with E-state index >= 15 is 0 Å². The second kappa shape index (κ2) is 8.59. The molecule has 0 saturated carbocycles. The lowest BCUT2D eigenvalue weighted by Gasteiger charge is -2.33. The zero-order chi connectivity index (χ0) is 21.0. The molecule has 1 fully saturated rings. The quantitative estimate of drug-likeness (QED) is 0.797. The largest absolute Gasteiger partial charge is 0.502 e. The number of aromatic nitrogens is 1. The molecule has 156 valence electrons. The highest BCUT2D eigenvalue weighted by molar-refractivity contribution is 5.96. The Labute approximate surface area is 165 Å². The van der Waals surface area contributed by atoms with Gasteiger partial charge in [-0.05, 0) is 37.0 Å². The lowest BCUT2D eigenvalue weighted by Crippen LogP contribution is -2.39. The third-order valence-electron chi connectivity index (χ3n) is 5.02. The molecule has 1 amide bonds. The first kappa shape index (κ1) is 20.8. The average molecular weight is 409 g/mol. The number of alkyl halides is 3. The molecule has 0 atom stereocenters. The fourth-order valence-electron chi connectivity index (χ4n) is 3.43. The fraction of sp³-hybridized carbons (Fsp3) is 0.400. The fourth-order valence-corrected chi connectivity index (χ4v) is 3.43. The molecule has 0 radical (unpaired) electrons. The van der Waals surface area contributed by atoms with E-state index in [-0.39, 0.29) is 11.5 Å². The number of nitrogens with one attached hydrogen (secondary N) is 1. The molecule has 1 aliphatic heterocycles. The number of para-hydroxylation sites is 1. The molecule has 1 aromatic heterocycles. The van der Waals surface area contributed by atoms with Gasteiger partial charge in [0.1, 0.15) is 6.54 Å². The van der Waals surface area contributed by atoms with Crippen LogP contribution < -0.4 is 15.8 Å². The number of benzene rings is 1. The van der Waals surface area contributed by atoms with Crippen molar-refractivity contribution >= 4 is 11.6 Å². The summed E-state index contributed by atoms with van der Waals surface area (Å²) in [5, 5.41) is 12.5. The van der Waals surface area contributed by atoms with E-state index in [4.69, 9.17) is 0 Å². The molecular weight excluding hydrogens is 387 g/mol. The number of piperidine rings is 1. The molecule has 2 heterocycles. The molecule has 29 heavy (non-hydrogen) atoms. The van der Waals surface area contributed by atoms with Gasteiger partial charge in [-0.2, -0.15) is 13.2 Å². The molecule has 0 spiro atoms. The third-order valence-corrected chi connectivity index (χ3v) is 5.02. The lowest BCUT2D eigenvalue weighted by atomic mass is 9.96. The summed E-state index contributed by atoms with van der Waals surface area (Å²) in [7, 11) is 0. The van der Waals surface area contributed by atoms with E-state index in [0.717, 1.165) is 43.9 Å². The van der Waals surface area contributed by atoms with Crippen LogP contribution in [-0.2, 0) is 6.54 Å². The number of hydrogen-bond donors (Lipinski definition) is 2. The molecule has 0 bridgehead atoms. The minimum atomic E-state index is -4.60. The predicted molar refractivity (Wildman–Crippen MR) is 102 cm³/mol. The van der Waals surface area contributed by atoms with E-state index in [1.54, 1.807) is 0 Å². The summed E-state index contributed by atoms with van der Waals surface area (Å²) in [6.45, 7) is 0.542. The molecule has 9 heteroatoms. The average Bonchev–Trinajstić information content (AvgIpc) is 2.70. The van der Waals surface area contributed by atoms with Crippen molar-refractivity contribution in [2.75, 3.05) is 24.5 Å². The summed E-state index contributed by atoms with van der Waals surface area (Å²) >= 11 is 0. The summed E-state index contributed by atoms with van der Waals surface area (Å²) < 4.78 is 37.7. The Balaban J connectivity index is 1.55. The minimum absolute atomic E-state index is 0.242. The number of amides is 1. The Morgan fingerprint density at radius 3 is 2.41 bits per heavy atom. The SMILES string of the molecule is O=C(NCC1CCN(c2ccccc2)CC1)c1ccn(CC(F)(F)F)c(=O)c1O. The predicted octanol–water partition coefficient (Wildman–Crippen LogP) is 2.76. The van der Waals surface area contributed by atoms with Gasteiger partial charge in [0.15, 0.2) is 5.75 Å². The highest BCUT2D eigenvalue weighted by Crippen LogP contribution is 2.23. The highest BCUT2D eigenvalue weighted by atomic mass is 19.4. The molecule has 1 saturated heterocycles. The van der Waals surface area contributed by atoms with E-state index in [2.05, 4.69) is 10.2 Å². The summed E-state index contributed by atoms with van der Waals surface area (Å²) in [6.07, 6.45) is -2.00. The molecule has 3 rings (SSSR count). The van der Waals surface area contributed by atoms with Crippen molar-refractivity contribution in [2.24, 2.45) is 5.92 Å². The molecule has 0 unspecified atom stereocenters. The molecule has 0 aliphatic carbocycles. The van der Waals surface area contributed by atoms with E-state index in [1.807, 2.05) is 30.3 Å². The van der Waals surface area contributed by atoms with E-state index in [9.17, 15) is 27.9 Å². The number of carbonyl (C=O) groups excluding carboxylic acids is 1. The van der Waals surface area contributed by atoms with Gasteiger partial charge in [0.25, 0.3) is 11.5 Å². The van der Waals surface area contributed by atoms with E-state index in [1.165, 1.54) is 0 Å². The molecule has 6 nitrogen and oxygen atoms in total. The van der Waals surface area contributed by atoms with Crippen LogP contribution in [0.4, 0.5) is 18.9 Å². The van der Waals surface area contributed by atoms with Gasteiger partial charge in [-0.1, -0.05) is 18.2 Å². The van der Waals surface area contributed by atoms with Gasteiger partial charge in [-0.15, -0.1) is 0 Å². The topological polar surface area (TPSA) is 74.6 Å². The Bertz CT molecular complexity index is 905. The van der Waals surface area contributed by atoms with Crippen LogP contribution in [-0.4, -0.2) is 41.4 Å². The van der Waals surface area contributed by atoms with Crippen molar-refractivity contribution in [3.63, 3.8) is 0 Å². The molecule has 2 N–H and O–H groups in total. The zero-order valence-electron chi connectivity index (χ0n) is 15.7. The molecule has 1 aliphatic rings. The van der Waals surface area contributed by atoms with Crippen LogP contribution in [0, 0.1) is 5.92 Å². The molecular formula is C20H22F3N3O3. The van der Waals surface area contributed by atoms with Gasteiger partial charge in [0, 0.05) is 31.5 Å². The number of carbonyl (C=O) groups is 1. The van der Waals surface area contributed by atoms with Crippen molar-refractivity contribution in [3.8, 4) is 5.75 Å². The van der Waals surface area contributed by atoms with Gasteiger partial charge in [0.05, 0.1) is 5.56 Å². The van der Waals surface area contributed by atoms with Crippen molar-refractivity contribution in [1.29, 1.82) is 0 Å². The van der Waals surface area contributed by atoms with Crippen LogP contribution in [0.3, 0.4) is 0 Å². The second-order valence-electron chi connectivity index (χ2n) is 7.10. The number of nitrogens with zero attached hydrogens (tertiary/aromatic N) is 2. The third kappa shape index (κ3) is 5.30. The number of aromatic hydroxyl groups is 1. The first-order chi connectivity index (χ1) is 13.7. The van der Waals surface area contributed by atoms with Crippen molar-refractivity contribution in [3.05, 3.63) is 58.5 Å². The maximum absolute atomic E-state index is 12.5. The van der Waals surface area contributed by atoms with Crippen LogP contribution >= 0.6 is 0 Å². The van der Waals surface area contributed by atoms with Gasteiger partial charge in [-0.25, -0.2) is 0 Å². The summed E-state index contributed by atoms with van der Waals surface area (Å²) in [4.78, 5) is 26.4. The van der Waals surface area contributed by atoms with Gasteiger partial charge >= 0.3 is 6.18 Å². The maximum atomic E-state index is 12.5. The summed E-state index contributed by atoms with van der Waals surface area (Å²) in [6, 6.07) is 11.0. The highest BCUT2D eigenvalue weighted by Gasteiger charge is 2.29. The Kier molecular flexibility index (Phi) is 6.14. The van der Waals surface area contributed by atoms with E-state index < -0.39 is 29.9 Å². The van der Waals surface area contributed by atoms with Crippen molar-refractivity contribution in [2.45, 2.75) is 25.6 Å². The first-order valence-electron chi connectivity index (χ1n) is 9.32. The smallest absolute Gasteiger partial charge is 0.406 e. The van der Waals surface area contributed by atoms with Crippen LogP contribution in [0.2, 0.25) is 0 Å². The van der Waals surface area contributed by atoms with Gasteiger partial charge in [0.2, 0.25) is 0 Å². The first-order valence-corrected chi connectivity index (χ1v) is 9.32. The second-order valence-corrected chi connectivity index (χ2v) is 7.10. The normalized spacial score (nSPS) is 15.3.